The van der Waals surface area contributed by atoms with Crippen LogP contribution in [0, 0.1) is 34.5 Å². The van der Waals surface area contributed by atoms with Crippen molar-refractivity contribution >= 4 is 40.8 Å². The van der Waals surface area contributed by atoms with Crippen molar-refractivity contribution in [2.24, 2.45) is 23.2 Å². The highest BCUT2D eigenvalue weighted by atomic mass is 16.5. The van der Waals surface area contributed by atoms with Crippen LogP contribution in [0.25, 0.3) is 0 Å². The molecule has 2 unspecified atom stereocenters. The van der Waals surface area contributed by atoms with Crippen molar-refractivity contribution in [1.82, 2.24) is 25.7 Å². The molecule has 0 radical (unpaired) electrons. The molecule has 4 aliphatic heterocycles. The Bertz CT molecular complexity index is 2210. The Balaban J connectivity index is 0.679. The van der Waals surface area contributed by atoms with Crippen LogP contribution < -0.4 is 25.2 Å². The Labute approximate surface area is 362 Å². The molecule has 62 heavy (non-hydrogen) atoms. The van der Waals surface area contributed by atoms with Crippen molar-refractivity contribution in [2.75, 3.05) is 55.6 Å². The Morgan fingerprint density at radius 1 is 0.823 bits per heavy atom. The summed E-state index contributed by atoms with van der Waals surface area (Å²) >= 11 is 0. The van der Waals surface area contributed by atoms with Gasteiger partial charge in [-0.1, -0.05) is 0 Å². The van der Waals surface area contributed by atoms with Gasteiger partial charge in [0, 0.05) is 85.7 Å². The number of amides is 3. The van der Waals surface area contributed by atoms with E-state index in [0.717, 1.165) is 114 Å². The van der Waals surface area contributed by atoms with Gasteiger partial charge in [-0.2, -0.15) is 5.26 Å². The Morgan fingerprint density at radius 3 is 2.26 bits per heavy atom. The van der Waals surface area contributed by atoms with Crippen molar-refractivity contribution in [1.29, 1.82) is 5.26 Å². The predicted octanol–water partition coefficient (Wildman–Crippen LogP) is 5.51. The molecule has 0 bridgehead atoms. The van der Waals surface area contributed by atoms with E-state index in [1.54, 1.807) is 18.2 Å². The van der Waals surface area contributed by atoms with E-state index in [1.807, 2.05) is 36.4 Å². The highest BCUT2D eigenvalue weighted by Gasteiger charge is 2.46. The average molecular weight is 841 g/mol. The number of nitrogens with zero attached hydrogens (tertiary/aromatic N) is 6. The van der Waals surface area contributed by atoms with E-state index in [0.29, 0.717) is 54.0 Å². The summed E-state index contributed by atoms with van der Waals surface area (Å²) in [6.07, 6.45) is 9.88. The maximum atomic E-state index is 13.6. The van der Waals surface area contributed by atoms with E-state index in [9.17, 15) is 24.0 Å². The Hall–Kier alpha value is -5.68. The van der Waals surface area contributed by atoms with Crippen molar-refractivity contribution in [3.8, 4) is 11.8 Å². The zero-order valence-electron chi connectivity index (χ0n) is 35.4. The molecule has 4 saturated heterocycles. The van der Waals surface area contributed by atoms with Crippen molar-refractivity contribution in [2.45, 2.75) is 95.6 Å². The highest BCUT2D eigenvalue weighted by molar-refractivity contribution is 6.15. The highest BCUT2D eigenvalue weighted by Crippen LogP contribution is 2.44. The number of benzene rings is 2. The third-order valence-corrected chi connectivity index (χ3v) is 14.6. The first-order valence-electron chi connectivity index (χ1n) is 22.7. The summed E-state index contributed by atoms with van der Waals surface area (Å²) in [5, 5.41) is 23.3. The van der Waals surface area contributed by atoms with E-state index in [-0.39, 0.29) is 59.2 Å². The first kappa shape index (κ1) is 41.7. The van der Waals surface area contributed by atoms with E-state index in [1.165, 1.54) is 0 Å². The van der Waals surface area contributed by atoms with E-state index in [4.69, 9.17) is 10.00 Å². The number of ether oxygens (including phenoxy) is 1. The number of nitrogens with one attached hydrogen (secondary N) is 2. The van der Waals surface area contributed by atoms with Gasteiger partial charge in [0.2, 0.25) is 11.8 Å². The van der Waals surface area contributed by atoms with Crippen LogP contribution >= 0.6 is 0 Å². The van der Waals surface area contributed by atoms with Crippen molar-refractivity contribution in [3.63, 3.8) is 0 Å². The molecule has 14 nitrogen and oxygen atoms in total. The van der Waals surface area contributed by atoms with Gasteiger partial charge in [-0.25, -0.2) is 0 Å². The first-order valence-corrected chi connectivity index (χ1v) is 22.7. The van der Waals surface area contributed by atoms with Crippen molar-refractivity contribution in [3.05, 3.63) is 77.0 Å². The Morgan fingerprint density at radius 2 is 1.56 bits per heavy atom. The molecule has 2 aromatic carbocycles. The summed E-state index contributed by atoms with van der Waals surface area (Å²) in [6.45, 7) is 7.03. The fourth-order valence-corrected chi connectivity index (χ4v) is 10.7. The zero-order valence-corrected chi connectivity index (χ0v) is 35.4. The molecule has 1 saturated carbocycles. The van der Waals surface area contributed by atoms with Crippen LogP contribution in [0.15, 0.2) is 54.6 Å². The molecule has 14 heteroatoms. The molecule has 2 N–H and O–H groups in total. The SMILES string of the molecule is N#Cc1ccc(OC2CCC(NC(=O)c3ccc(N4CCC(CN5CCC6(CC5)CN(c5ccc7c(c5)C(=O)C(CCC5CCC(=O)NC5=O)CC7=O)C6)CC4)nn3)CC2)cc1. The number of nitriles is 1. The third kappa shape index (κ3) is 9.23. The molecule has 5 fully saturated rings. The van der Waals surface area contributed by atoms with Crippen molar-refractivity contribution < 1.29 is 28.7 Å². The van der Waals surface area contributed by atoms with E-state index >= 15 is 0 Å². The Kier molecular flexibility index (Phi) is 12.1. The summed E-state index contributed by atoms with van der Waals surface area (Å²) < 4.78 is 6.10. The van der Waals surface area contributed by atoms with Crippen LogP contribution in [0.5, 0.6) is 5.75 Å². The minimum Gasteiger partial charge on any atom is -0.490 e. The van der Waals surface area contributed by atoms with Crippen LogP contribution in [0.2, 0.25) is 0 Å². The molecule has 324 valence electrons. The second-order valence-electron chi connectivity index (χ2n) is 18.7. The van der Waals surface area contributed by atoms with E-state index in [2.05, 4.69) is 41.6 Å². The standard InChI is InChI=1S/C48H56N8O6/c49-27-31-1-9-37(10-2-31)62-38-11-6-35(7-12-38)50-47(61)41-14-15-43(53-52-41)55-21-17-32(18-22-55)28-54-23-19-48(20-24-54)29-56(30-48)36-8-13-39-40(26-36)45(59)34(25-42(39)57)4-3-33-5-16-44(58)51-46(33)60/h1-2,8-10,13-15,26,32-35,38H,3-7,11-12,16-25,28-30H2,(H,50,61)(H,51,58,60). The molecular weight excluding hydrogens is 785 g/mol. The number of hydrogen-bond donors (Lipinski definition) is 2. The lowest BCUT2D eigenvalue weighted by atomic mass is 9.71. The summed E-state index contributed by atoms with van der Waals surface area (Å²) in [4.78, 5) is 70.8. The minimum atomic E-state index is -0.428. The fraction of sp³-hybridized carbons (Fsp3) is 0.542. The largest absolute Gasteiger partial charge is 0.490 e. The number of anilines is 2. The van der Waals surface area contributed by atoms with Gasteiger partial charge in [-0.05, 0) is 144 Å². The molecule has 1 aromatic heterocycles. The molecule has 6 aliphatic rings. The molecule has 5 heterocycles. The van der Waals surface area contributed by atoms with Gasteiger partial charge in [-0.3, -0.25) is 29.3 Å². The van der Waals surface area contributed by atoms with Gasteiger partial charge in [0.05, 0.1) is 17.7 Å². The number of imide groups is 1. The van der Waals surface area contributed by atoms with Crippen LogP contribution in [0.4, 0.5) is 11.5 Å². The number of ketones is 2. The lowest BCUT2D eigenvalue weighted by Crippen LogP contribution is -2.60. The lowest BCUT2D eigenvalue weighted by Gasteiger charge is -2.55. The molecule has 3 amide bonds. The van der Waals surface area contributed by atoms with Gasteiger partial charge >= 0.3 is 0 Å². The summed E-state index contributed by atoms with van der Waals surface area (Å²) in [5.74, 6) is 0.760. The van der Waals surface area contributed by atoms with E-state index < -0.39 is 5.92 Å². The van der Waals surface area contributed by atoms with Gasteiger partial charge in [-0.15, -0.1) is 10.2 Å². The zero-order chi connectivity index (χ0) is 42.8. The summed E-state index contributed by atoms with van der Waals surface area (Å²) in [6, 6.07) is 18.8. The normalized spacial score (nSPS) is 25.4. The maximum Gasteiger partial charge on any atom is 0.272 e. The number of rotatable bonds is 11. The number of piperidine rings is 3. The van der Waals surface area contributed by atoms with Gasteiger partial charge in [0.1, 0.15) is 5.75 Å². The number of aromatic nitrogens is 2. The van der Waals surface area contributed by atoms with Gasteiger partial charge in [0.25, 0.3) is 5.91 Å². The van der Waals surface area contributed by atoms with Gasteiger partial charge < -0.3 is 24.8 Å². The predicted molar refractivity (Wildman–Crippen MR) is 231 cm³/mol. The third-order valence-electron chi connectivity index (χ3n) is 14.6. The molecule has 2 atom stereocenters. The fourth-order valence-electron chi connectivity index (χ4n) is 10.7. The molecular formula is C48H56N8O6. The molecule has 9 rings (SSSR count). The van der Waals surface area contributed by atoms with Crippen LogP contribution in [-0.4, -0.2) is 102 Å². The second-order valence-corrected chi connectivity index (χ2v) is 18.7. The number of hydrogen-bond acceptors (Lipinski definition) is 12. The number of carbonyl (C=O) groups excluding carboxylic acids is 5. The first-order chi connectivity index (χ1) is 30.1. The number of Topliss-reactive ketones (excluding diaryl/α,β-unsaturated/α-hetero) is 2. The number of fused-ring (bicyclic) bond motifs is 1. The van der Waals surface area contributed by atoms with Crippen LogP contribution in [0.1, 0.15) is 120 Å². The molecule has 3 aromatic rings. The summed E-state index contributed by atoms with van der Waals surface area (Å²) in [7, 11) is 0. The van der Waals surface area contributed by atoms with Gasteiger partial charge in [0.15, 0.2) is 23.1 Å². The topological polar surface area (TPSA) is 178 Å². The molecule has 1 spiro atoms. The lowest BCUT2D eigenvalue weighted by molar-refractivity contribution is -0.136. The number of likely N-dealkylation sites (tertiary alicyclic amines) is 1. The monoisotopic (exact) mass is 840 g/mol. The molecule has 2 aliphatic carbocycles. The smallest absolute Gasteiger partial charge is 0.272 e. The van der Waals surface area contributed by atoms with Crippen LogP contribution in [-0.2, 0) is 9.59 Å². The number of carbonyl (C=O) groups is 5. The quantitative estimate of drug-likeness (QED) is 0.232. The van der Waals surface area contributed by atoms with Crippen LogP contribution in [0.3, 0.4) is 0 Å². The maximum absolute atomic E-state index is 13.6. The average Bonchev–Trinajstić information content (AvgIpc) is 3.28. The second kappa shape index (κ2) is 18.0. The minimum absolute atomic E-state index is 0.00636. The summed E-state index contributed by atoms with van der Waals surface area (Å²) in [5.41, 5.74) is 3.25.